The topological polar surface area (TPSA) is 40.5 Å². The number of fused-ring (bicyclic) bond motifs is 1. The third-order valence-corrected chi connectivity index (χ3v) is 4.78. The lowest BCUT2D eigenvalue weighted by Gasteiger charge is -2.17. The summed E-state index contributed by atoms with van der Waals surface area (Å²) in [5, 5.41) is 5.10. The average molecular weight is 355 g/mol. The minimum absolute atomic E-state index is 0.0306. The van der Waals surface area contributed by atoms with Crippen LogP contribution in [0, 0.1) is 0 Å². The summed E-state index contributed by atoms with van der Waals surface area (Å²) in [6, 6.07) is 9.83. The summed E-state index contributed by atoms with van der Waals surface area (Å²) in [6.45, 7) is 8.36. The molecule has 0 spiro atoms. The van der Waals surface area contributed by atoms with Crippen molar-refractivity contribution in [2.45, 2.75) is 19.9 Å². The van der Waals surface area contributed by atoms with E-state index in [2.05, 4.69) is 24.9 Å². The molecular formula is C20H21NO3S. The third-order valence-electron chi connectivity index (χ3n) is 4.08. The molecule has 0 fully saturated rings. The van der Waals surface area contributed by atoms with Crippen LogP contribution in [-0.2, 0) is 4.74 Å². The SMILES string of the molecule is C=CCOc1ccc2c(c1)cc(C(=O)OCC)n2C(C)c1ccsc1. The van der Waals surface area contributed by atoms with Gasteiger partial charge in [-0.3, -0.25) is 0 Å². The Bertz CT molecular complexity index is 880. The minimum atomic E-state index is -0.311. The van der Waals surface area contributed by atoms with Gasteiger partial charge in [-0.15, -0.1) is 0 Å². The number of esters is 1. The molecule has 0 aliphatic heterocycles. The summed E-state index contributed by atoms with van der Waals surface area (Å²) in [4.78, 5) is 12.5. The lowest BCUT2D eigenvalue weighted by molar-refractivity contribution is 0.0513. The zero-order valence-electron chi connectivity index (χ0n) is 14.4. The number of benzene rings is 1. The largest absolute Gasteiger partial charge is 0.490 e. The number of ether oxygens (including phenoxy) is 2. The molecule has 4 nitrogen and oxygen atoms in total. The zero-order valence-corrected chi connectivity index (χ0v) is 15.2. The zero-order chi connectivity index (χ0) is 17.8. The monoisotopic (exact) mass is 355 g/mol. The predicted octanol–water partition coefficient (Wildman–Crippen LogP) is 5.05. The number of hydrogen-bond acceptors (Lipinski definition) is 4. The van der Waals surface area contributed by atoms with Gasteiger partial charge in [-0.1, -0.05) is 12.7 Å². The van der Waals surface area contributed by atoms with Gasteiger partial charge in [0.25, 0.3) is 0 Å². The van der Waals surface area contributed by atoms with Crippen molar-refractivity contribution in [2.24, 2.45) is 0 Å². The van der Waals surface area contributed by atoms with Gasteiger partial charge in [0.1, 0.15) is 18.1 Å². The molecule has 0 bridgehead atoms. The lowest BCUT2D eigenvalue weighted by atomic mass is 10.1. The molecule has 0 aliphatic rings. The van der Waals surface area contributed by atoms with E-state index in [1.165, 1.54) is 5.56 Å². The average Bonchev–Trinajstić information content (AvgIpc) is 3.27. The maximum absolute atomic E-state index is 12.5. The molecule has 25 heavy (non-hydrogen) atoms. The minimum Gasteiger partial charge on any atom is -0.490 e. The van der Waals surface area contributed by atoms with Crippen LogP contribution in [-0.4, -0.2) is 23.8 Å². The Morgan fingerprint density at radius 3 is 2.88 bits per heavy atom. The number of carbonyl (C=O) groups is 1. The van der Waals surface area contributed by atoms with Gasteiger partial charge in [0, 0.05) is 10.9 Å². The molecule has 0 saturated carbocycles. The van der Waals surface area contributed by atoms with Crippen LogP contribution in [0.1, 0.15) is 35.9 Å². The van der Waals surface area contributed by atoms with E-state index in [1.807, 2.05) is 41.1 Å². The first kappa shape index (κ1) is 17.3. The van der Waals surface area contributed by atoms with Crippen molar-refractivity contribution in [3.05, 3.63) is 65.0 Å². The van der Waals surface area contributed by atoms with Gasteiger partial charge >= 0.3 is 5.97 Å². The van der Waals surface area contributed by atoms with Gasteiger partial charge in [-0.05, 0) is 60.5 Å². The second-order valence-corrected chi connectivity index (χ2v) is 6.45. The van der Waals surface area contributed by atoms with E-state index in [4.69, 9.17) is 9.47 Å². The first-order valence-electron chi connectivity index (χ1n) is 8.23. The van der Waals surface area contributed by atoms with Crippen LogP contribution >= 0.6 is 11.3 Å². The molecule has 5 heteroatoms. The summed E-state index contributed by atoms with van der Waals surface area (Å²) in [5.41, 5.74) is 2.70. The van der Waals surface area contributed by atoms with E-state index in [1.54, 1.807) is 17.4 Å². The highest BCUT2D eigenvalue weighted by Crippen LogP contribution is 2.31. The summed E-state index contributed by atoms with van der Waals surface area (Å²) in [6.07, 6.45) is 1.71. The molecule has 3 aromatic rings. The van der Waals surface area contributed by atoms with Crippen LogP contribution in [0.4, 0.5) is 0 Å². The van der Waals surface area contributed by atoms with Crippen molar-refractivity contribution in [1.82, 2.24) is 4.57 Å². The van der Waals surface area contributed by atoms with Crippen LogP contribution in [0.2, 0.25) is 0 Å². The standard InChI is InChI=1S/C20H21NO3S/c1-4-9-24-17-6-7-18-16(11-17)12-19(20(22)23-5-2)21(18)14(3)15-8-10-25-13-15/h4,6-8,10-14H,1,5,9H2,2-3H3. The van der Waals surface area contributed by atoms with Crippen LogP contribution in [0.3, 0.4) is 0 Å². The molecule has 0 radical (unpaired) electrons. The fourth-order valence-electron chi connectivity index (χ4n) is 2.90. The van der Waals surface area contributed by atoms with Gasteiger partial charge in [-0.2, -0.15) is 11.3 Å². The molecule has 1 atom stereocenters. The number of thiophene rings is 1. The fourth-order valence-corrected chi connectivity index (χ4v) is 3.65. The second-order valence-electron chi connectivity index (χ2n) is 5.67. The van der Waals surface area contributed by atoms with E-state index in [0.717, 1.165) is 16.7 Å². The number of aromatic nitrogens is 1. The van der Waals surface area contributed by atoms with Crippen LogP contribution < -0.4 is 4.74 Å². The number of rotatable bonds is 7. The second kappa shape index (κ2) is 7.57. The van der Waals surface area contributed by atoms with Crippen LogP contribution in [0.25, 0.3) is 10.9 Å². The van der Waals surface area contributed by atoms with Crippen molar-refractivity contribution < 1.29 is 14.3 Å². The highest BCUT2D eigenvalue weighted by Gasteiger charge is 2.21. The number of nitrogens with zero attached hydrogens (tertiary/aromatic N) is 1. The highest BCUT2D eigenvalue weighted by atomic mass is 32.1. The maximum atomic E-state index is 12.5. The normalized spacial score (nSPS) is 12.1. The molecule has 0 aliphatic carbocycles. The Hall–Kier alpha value is -2.53. The first-order chi connectivity index (χ1) is 12.2. The number of carbonyl (C=O) groups excluding carboxylic acids is 1. The highest BCUT2D eigenvalue weighted by molar-refractivity contribution is 7.07. The van der Waals surface area contributed by atoms with Gasteiger partial charge in [0.2, 0.25) is 0 Å². The van der Waals surface area contributed by atoms with Crippen LogP contribution in [0.15, 0.2) is 53.7 Å². The molecule has 0 amide bonds. The van der Waals surface area contributed by atoms with E-state index < -0.39 is 0 Å². The van der Waals surface area contributed by atoms with Crippen molar-refractivity contribution in [1.29, 1.82) is 0 Å². The summed E-state index contributed by atoms with van der Waals surface area (Å²) < 4.78 is 12.9. The molecule has 2 heterocycles. The predicted molar refractivity (Wildman–Crippen MR) is 102 cm³/mol. The molecule has 0 saturated heterocycles. The van der Waals surface area contributed by atoms with E-state index in [9.17, 15) is 4.79 Å². The van der Waals surface area contributed by atoms with Gasteiger partial charge in [0.05, 0.1) is 12.6 Å². The Balaban J connectivity index is 2.11. The van der Waals surface area contributed by atoms with Gasteiger partial charge in [0.15, 0.2) is 0 Å². The fraction of sp³-hybridized carbons (Fsp3) is 0.250. The number of hydrogen-bond donors (Lipinski definition) is 0. The van der Waals surface area contributed by atoms with Crippen molar-refractivity contribution in [3.8, 4) is 5.75 Å². The third kappa shape index (κ3) is 3.46. The van der Waals surface area contributed by atoms with E-state index >= 15 is 0 Å². The molecule has 0 N–H and O–H groups in total. The van der Waals surface area contributed by atoms with Gasteiger partial charge < -0.3 is 14.0 Å². The Morgan fingerprint density at radius 2 is 2.20 bits per heavy atom. The first-order valence-corrected chi connectivity index (χ1v) is 9.18. The summed E-state index contributed by atoms with van der Waals surface area (Å²) in [7, 11) is 0. The molecule has 3 rings (SSSR count). The van der Waals surface area contributed by atoms with Gasteiger partial charge in [-0.25, -0.2) is 4.79 Å². The Labute approximate surface area is 151 Å². The molecule has 2 aromatic heterocycles. The van der Waals surface area contributed by atoms with Crippen molar-refractivity contribution >= 4 is 28.2 Å². The van der Waals surface area contributed by atoms with Crippen molar-refractivity contribution in [3.63, 3.8) is 0 Å². The molecular weight excluding hydrogens is 334 g/mol. The quantitative estimate of drug-likeness (QED) is 0.440. The van der Waals surface area contributed by atoms with Crippen molar-refractivity contribution in [2.75, 3.05) is 13.2 Å². The maximum Gasteiger partial charge on any atom is 0.354 e. The lowest BCUT2D eigenvalue weighted by Crippen LogP contribution is -2.15. The summed E-state index contributed by atoms with van der Waals surface area (Å²) >= 11 is 1.65. The molecule has 130 valence electrons. The van der Waals surface area contributed by atoms with E-state index in [0.29, 0.717) is 18.9 Å². The molecule has 1 aromatic carbocycles. The van der Waals surface area contributed by atoms with E-state index in [-0.39, 0.29) is 12.0 Å². The Morgan fingerprint density at radius 1 is 1.36 bits per heavy atom. The summed E-state index contributed by atoms with van der Waals surface area (Å²) in [5.74, 6) is 0.442. The molecule has 1 unspecified atom stereocenters. The smallest absolute Gasteiger partial charge is 0.354 e. The van der Waals surface area contributed by atoms with Crippen LogP contribution in [0.5, 0.6) is 5.75 Å². The Kier molecular flexibility index (Phi) is 5.24.